The van der Waals surface area contributed by atoms with Crippen molar-refractivity contribution in [3.05, 3.63) is 64.3 Å². The van der Waals surface area contributed by atoms with Gasteiger partial charge in [0.2, 0.25) is 5.95 Å². The maximum absolute atomic E-state index is 10.9. The Kier molecular flexibility index (Phi) is 5.02. The second-order valence-electron chi connectivity index (χ2n) is 5.50. The summed E-state index contributed by atoms with van der Waals surface area (Å²) in [5.74, 6) is 1.36. The zero-order chi connectivity index (χ0) is 19.4. The summed E-state index contributed by atoms with van der Waals surface area (Å²) in [5, 5.41) is 15.2. The number of rotatable bonds is 6. The highest BCUT2D eigenvalue weighted by molar-refractivity contribution is 5.81. The number of nitrogens with zero attached hydrogens (tertiary/aromatic N) is 4. The predicted octanol–water partition coefficient (Wildman–Crippen LogP) is 2.94. The molecule has 9 nitrogen and oxygen atoms in total. The highest BCUT2D eigenvalue weighted by Crippen LogP contribution is 2.27. The molecule has 1 heterocycles. The lowest BCUT2D eigenvalue weighted by Gasteiger charge is -2.07. The van der Waals surface area contributed by atoms with Crippen molar-refractivity contribution in [2.45, 2.75) is 0 Å². The van der Waals surface area contributed by atoms with E-state index < -0.39 is 4.92 Å². The number of anilines is 1. The molecular weight excluding hydrogens is 350 g/mol. The van der Waals surface area contributed by atoms with E-state index in [2.05, 4.69) is 10.1 Å². The van der Waals surface area contributed by atoms with Crippen LogP contribution in [0.25, 0.3) is 11.3 Å². The van der Waals surface area contributed by atoms with Crippen molar-refractivity contribution in [2.75, 3.05) is 20.0 Å². The van der Waals surface area contributed by atoms with Crippen LogP contribution in [0.4, 0.5) is 11.6 Å². The molecule has 0 atom stereocenters. The van der Waals surface area contributed by atoms with Crippen molar-refractivity contribution in [2.24, 2.45) is 5.10 Å². The number of non-ortho nitro benzene ring substituents is 1. The van der Waals surface area contributed by atoms with E-state index in [9.17, 15) is 10.1 Å². The van der Waals surface area contributed by atoms with Gasteiger partial charge in [0, 0.05) is 17.7 Å². The van der Waals surface area contributed by atoms with Crippen molar-refractivity contribution in [3.63, 3.8) is 0 Å². The molecule has 0 unspecified atom stereocenters. The first kappa shape index (κ1) is 17.9. The molecule has 3 rings (SSSR count). The number of nitro benzene ring substituents is 1. The molecule has 0 saturated heterocycles. The number of methoxy groups -OCH3 is 2. The lowest BCUT2D eigenvalue weighted by Crippen LogP contribution is -1.97. The number of aromatic nitrogens is 2. The van der Waals surface area contributed by atoms with Crippen LogP contribution < -0.4 is 15.2 Å². The number of nitro groups is 1. The van der Waals surface area contributed by atoms with E-state index in [1.54, 1.807) is 50.9 Å². The van der Waals surface area contributed by atoms with Crippen LogP contribution in [0.3, 0.4) is 0 Å². The molecule has 27 heavy (non-hydrogen) atoms. The third kappa shape index (κ3) is 3.87. The maximum atomic E-state index is 10.9. The Hall–Kier alpha value is -3.88. The highest BCUT2D eigenvalue weighted by atomic mass is 16.6. The lowest BCUT2D eigenvalue weighted by molar-refractivity contribution is -0.384. The summed E-state index contributed by atoms with van der Waals surface area (Å²) < 4.78 is 11.9. The van der Waals surface area contributed by atoms with Crippen molar-refractivity contribution in [1.29, 1.82) is 0 Å². The largest absolute Gasteiger partial charge is 0.493 e. The molecule has 0 aliphatic rings. The topological polar surface area (TPSA) is 118 Å². The molecule has 3 aromatic rings. The summed E-state index contributed by atoms with van der Waals surface area (Å²) in [5.41, 5.74) is 7.72. The molecule has 0 aliphatic carbocycles. The minimum atomic E-state index is -0.459. The van der Waals surface area contributed by atoms with E-state index in [1.807, 2.05) is 6.07 Å². The van der Waals surface area contributed by atoms with Crippen LogP contribution in [-0.2, 0) is 0 Å². The van der Waals surface area contributed by atoms with Gasteiger partial charge in [-0.25, -0.2) is 9.66 Å². The second-order valence-corrected chi connectivity index (χ2v) is 5.50. The van der Waals surface area contributed by atoms with Gasteiger partial charge in [-0.2, -0.15) is 5.10 Å². The van der Waals surface area contributed by atoms with Crippen molar-refractivity contribution < 1.29 is 14.4 Å². The van der Waals surface area contributed by atoms with Crippen LogP contribution in [-0.4, -0.2) is 35.0 Å². The van der Waals surface area contributed by atoms with E-state index in [4.69, 9.17) is 15.2 Å². The Morgan fingerprint density at radius 3 is 2.67 bits per heavy atom. The smallest absolute Gasteiger partial charge is 0.270 e. The number of nitrogen functional groups attached to an aromatic ring is 1. The molecule has 2 N–H and O–H groups in total. The van der Waals surface area contributed by atoms with Crippen LogP contribution in [0.15, 0.2) is 53.8 Å². The van der Waals surface area contributed by atoms with Gasteiger partial charge in [0.25, 0.3) is 5.69 Å². The summed E-state index contributed by atoms with van der Waals surface area (Å²) in [6.07, 6.45) is 3.20. The molecule has 9 heteroatoms. The first-order chi connectivity index (χ1) is 13.0. The SMILES string of the molecule is COc1ccc(C=Nn2cc(-c3cccc([N+](=O)[O-])c3)nc2N)cc1OC. The van der Waals surface area contributed by atoms with Gasteiger partial charge < -0.3 is 15.2 Å². The van der Waals surface area contributed by atoms with Gasteiger partial charge in [-0.15, -0.1) is 0 Å². The predicted molar refractivity (Wildman–Crippen MR) is 101 cm³/mol. The zero-order valence-electron chi connectivity index (χ0n) is 14.7. The van der Waals surface area contributed by atoms with Crippen LogP contribution in [0.1, 0.15) is 5.56 Å². The molecule has 0 aliphatic heterocycles. The number of benzene rings is 2. The van der Waals surface area contributed by atoms with Gasteiger partial charge in [0.1, 0.15) is 0 Å². The van der Waals surface area contributed by atoms with E-state index in [-0.39, 0.29) is 11.6 Å². The molecule has 1 aromatic heterocycles. The summed E-state index contributed by atoms with van der Waals surface area (Å²) >= 11 is 0. The van der Waals surface area contributed by atoms with Gasteiger partial charge in [0.05, 0.1) is 37.2 Å². The molecule has 0 bridgehead atoms. The lowest BCUT2D eigenvalue weighted by atomic mass is 10.1. The van der Waals surface area contributed by atoms with Crippen molar-refractivity contribution in [3.8, 4) is 22.8 Å². The van der Waals surface area contributed by atoms with E-state index in [1.165, 1.54) is 16.8 Å². The normalized spacial score (nSPS) is 10.9. The number of hydrogen-bond donors (Lipinski definition) is 1. The number of ether oxygens (including phenoxy) is 2. The molecule has 0 amide bonds. The molecular formula is C18H17N5O4. The summed E-state index contributed by atoms with van der Waals surface area (Å²) in [4.78, 5) is 14.7. The molecule has 0 saturated carbocycles. The Bertz CT molecular complexity index is 1010. The standard InChI is InChI=1S/C18H17N5O4/c1-26-16-7-6-12(8-17(16)27-2)10-20-22-11-15(21-18(22)19)13-4-3-5-14(9-13)23(24)25/h3-11H,1-2H3,(H2,19,21). The monoisotopic (exact) mass is 367 g/mol. The Morgan fingerprint density at radius 1 is 1.19 bits per heavy atom. The zero-order valence-corrected chi connectivity index (χ0v) is 14.7. The van der Waals surface area contributed by atoms with Gasteiger partial charge in [-0.05, 0) is 23.8 Å². The average Bonchev–Trinajstić information content (AvgIpc) is 3.06. The third-order valence-corrected chi connectivity index (χ3v) is 3.81. The van der Waals surface area contributed by atoms with Gasteiger partial charge in [0.15, 0.2) is 11.5 Å². The maximum Gasteiger partial charge on any atom is 0.270 e. The van der Waals surface area contributed by atoms with E-state index >= 15 is 0 Å². The van der Waals surface area contributed by atoms with Crippen LogP contribution >= 0.6 is 0 Å². The third-order valence-electron chi connectivity index (χ3n) is 3.81. The first-order valence-corrected chi connectivity index (χ1v) is 7.88. The summed E-state index contributed by atoms with van der Waals surface area (Å²) in [6.45, 7) is 0. The molecule has 0 fully saturated rings. The van der Waals surface area contributed by atoms with Crippen LogP contribution in [0, 0.1) is 10.1 Å². The quantitative estimate of drug-likeness (QED) is 0.406. The Balaban J connectivity index is 1.88. The molecule has 138 valence electrons. The van der Waals surface area contributed by atoms with Gasteiger partial charge in [-0.3, -0.25) is 10.1 Å². The molecule has 2 aromatic carbocycles. The Morgan fingerprint density at radius 2 is 1.96 bits per heavy atom. The Labute approximate surface area is 154 Å². The average molecular weight is 367 g/mol. The highest BCUT2D eigenvalue weighted by Gasteiger charge is 2.11. The minimum Gasteiger partial charge on any atom is -0.493 e. The van der Waals surface area contributed by atoms with Gasteiger partial charge >= 0.3 is 0 Å². The summed E-state index contributed by atoms with van der Waals surface area (Å²) in [7, 11) is 3.12. The minimum absolute atomic E-state index is 0.0190. The first-order valence-electron chi connectivity index (χ1n) is 7.88. The number of nitrogens with two attached hydrogens (primary N) is 1. The van der Waals surface area contributed by atoms with Crippen molar-refractivity contribution in [1.82, 2.24) is 9.66 Å². The van der Waals surface area contributed by atoms with Crippen LogP contribution in [0.2, 0.25) is 0 Å². The van der Waals surface area contributed by atoms with E-state index in [0.29, 0.717) is 22.8 Å². The summed E-state index contributed by atoms with van der Waals surface area (Å²) in [6, 6.07) is 11.5. The fourth-order valence-electron chi connectivity index (χ4n) is 2.46. The second kappa shape index (κ2) is 7.56. The number of imidazole rings is 1. The number of hydrogen-bond acceptors (Lipinski definition) is 7. The fourth-order valence-corrected chi connectivity index (χ4v) is 2.46. The fraction of sp³-hybridized carbons (Fsp3) is 0.111. The molecule has 0 spiro atoms. The molecule has 0 radical (unpaired) electrons. The van der Waals surface area contributed by atoms with Gasteiger partial charge in [-0.1, -0.05) is 12.1 Å². The van der Waals surface area contributed by atoms with E-state index in [0.717, 1.165) is 5.56 Å². The van der Waals surface area contributed by atoms with Crippen LogP contribution in [0.5, 0.6) is 11.5 Å². The van der Waals surface area contributed by atoms with Crippen molar-refractivity contribution >= 4 is 17.9 Å².